The molecule has 2 atom stereocenters. The molecule has 1 amide bonds. The van der Waals surface area contributed by atoms with E-state index in [2.05, 4.69) is 29.3 Å². The number of carbonyl (C=O) groups excluding carboxylic acids is 1. The van der Waals surface area contributed by atoms with E-state index < -0.39 is 11.2 Å². The van der Waals surface area contributed by atoms with E-state index in [-0.39, 0.29) is 23.3 Å². The lowest BCUT2D eigenvalue weighted by Crippen LogP contribution is -2.68. The number of fused-ring (bicyclic) bond motifs is 6. The predicted octanol–water partition coefficient (Wildman–Crippen LogP) is 1.93. The Morgan fingerprint density at radius 3 is 2.81 bits per heavy atom. The van der Waals surface area contributed by atoms with Crippen LogP contribution in [-0.2, 0) is 12.0 Å². The maximum absolute atomic E-state index is 12.9. The Labute approximate surface area is 151 Å². The number of aromatic hydroxyl groups is 1. The summed E-state index contributed by atoms with van der Waals surface area (Å²) in [6.07, 6.45) is 6.43. The van der Waals surface area contributed by atoms with Crippen molar-refractivity contribution in [2.45, 2.75) is 43.8 Å². The average molecular weight is 351 g/mol. The van der Waals surface area contributed by atoms with Crippen LogP contribution in [-0.4, -0.2) is 33.8 Å². The van der Waals surface area contributed by atoms with Crippen molar-refractivity contribution in [2.24, 2.45) is 0 Å². The zero-order valence-electron chi connectivity index (χ0n) is 14.7. The second kappa shape index (κ2) is 5.13. The number of hydrogen-bond acceptors (Lipinski definition) is 4. The van der Waals surface area contributed by atoms with Gasteiger partial charge < -0.3 is 10.0 Å². The molecule has 3 aliphatic rings. The number of aromatic nitrogens is 1. The summed E-state index contributed by atoms with van der Waals surface area (Å²) in [6.45, 7) is 0. The van der Waals surface area contributed by atoms with Gasteiger partial charge in [-0.15, -0.1) is 0 Å². The summed E-state index contributed by atoms with van der Waals surface area (Å²) in [4.78, 5) is 26.5. The molecule has 1 saturated heterocycles. The van der Waals surface area contributed by atoms with Crippen LogP contribution in [0.15, 0.2) is 41.3 Å². The summed E-state index contributed by atoms with van der Waals surface area (Å²) >= 11 is 0. The van der Waals surface area contributed by atoms with Crippen LogP contribution in [0, 0.1) is 0 Å². The van der Waals surface area contributed by atoms with Gasteiger partial charge in [-0.2, -0.15) is 0 Å². The van der Waals surface area contributed by atoms with Crippen molar-refractivity contribution in [1.82, 2.24) is 9.58 Å². The third-order valence-corrected chi connectivity index (χ3v) is 6.36. The number of aryl methyl sites for hydroxylation is 1. The lowest BCUT2D eigenvalue weighted by molar-refractivity contribution is 0.0449. The van der Waals surface area contributed by atoms with E-state index in [4.69, 9.17) is 0 Å². The highest BCUT2D eigenvalue weighted by Gasteiger charge is 2.53. The molecule has 1 aromatic carbocycles. The van der Waals surface area contributed by atoms with Crippen LogP contribution in [0.25, 0.3) is 0 Å². The van der Waals surface area contributed by atoms with Crippen molar-refractivity contribution < 1.29 is 9.90 Å². The summed E-state index contributed by atoms with van der Waals surface area (Å²) in [5, 5.41) is 12.6. The summed E-state index contributed by atoms with van der Waals surface area (Å²) < 4.78 is 1.74. The van der Waals surface area contributed by atoms with Crippen molar-refractivity contribution in [1.29, 1.82) is 0 Å². The quantitative estimate of drug-likeness (QED) is 0.788. The summed E-state index contributed by atoms with van der Waals surface area (Å²) in [5.41, 5.74) is 1.98. The van der Waals surface area contributed by atoms with Crippen LogP contribution < -0.4 is 10.4 Å². The fourth-order valence-electron chi connectivity index (χ4n) is 5.17. The Morgan fingerprint density at radius 2 is 1.96 bits per heavy atom. The standard InChI is InChI=1S/C20H21N3O3/c1-21-16-7-4-10-20(11-8-13-5-2-3-6-14(13)20)23(16)22-12-9-15(24)18(25)17(22)19(21)26/h2-3,5-6,9,12,16,25H,4,7-8,10-11H2,1H3. The molecule has 1 spiro atoms. The number of rotatable bonds is 0. The van der Waals surface area contributed by atoms with Gasteiger partial charge >= 0.3 is 0 Å². The molecular weight excluding hydrogens is 330 g/mol. The van der Waals surface area contributed by atoms with Crippen molar-refractivity contribution in [2.75, 3.05) is 12.1 Å². The van der Waals surface area contributed by atoms with Gasteiger partial charge in [0.1, 0.15) is 6.17 Å². The Morgan fingerprint density at radius 1 is 1.15 bits per heavy atom. The van der Waals surface area contributed by atoms with E-state index in [0.717, 1.165) is 32.1 Å². The van der Waals surface area contributed by atoms with Crippen molar-refractivity contribution in [3.8, 4) is 5.75 Å². The van der Waals surface area contributed by atoms with E-state index >= 15 is 0 Å². The molecular formula is C20H21N3O3. The molecule has 2 unspecified atom stereocenters. The van der Waals surface area contributed by atoms with Crippen LogP contribution >= 0.6 is 0 Å². The van der Waals surface area contributed by atoms with Crippen molar-refractivity contribution in [3.63, 3.8) is 0 Å². The largest absolute Gasteiger partial charge is 0.502 e. The molecule has 1 N–H and O–H groups in total. The molecule has 6 heteroatoms. The number of pyridine rings is 1. The van der Waals surface area contributed by atoms with Gasteiger partial charge in [-0.05, 0) is 43.2 Å². The topological polar surface area (TPSA) is 65.8 Å². The third-order valence-electron chi connectivity index (χ3n) is 6.36. The minimum atomic E-state index is -0.519. The second-order valence-corrected chi connectivity index (χ2v) is 7.54. The van der Waals surface area contributed by atoms with Crippen molar-refractivity contribution in [3.05, 3.63) is 63.6 Å². The van der Waals surface area contributed by atoms with Crippen LogP contribution in [0.3, 0.4) is 0 Å². The molecule has 26 heavy (non-hydrogen) atoms. The maximum atomic E-state index is 12.9. The minimum absolute atomic E-state index is 0.0712. The van der Waals surface area contributed by atoms with Crippen LogP contribution in [0.1, 0.15) is 47.3 Å². The lowest BCUT2D eigenvalue weighted by Gasteiger charge is -2.56. The molecule has 0 bridgehead atoms. The van der Waals surface area contributed by atoms with Gasteiger partial charge in [-0.1, -0.05) is 24.3 Å². The normalized spacial score (nSPS) is 26.7. The monoisotopic (exact) mass is 351 g/mol. The fraction of sp³-hybridized carbons (Fsp3) is 0.400. The van der Waals surface area contributed by atoms with E-state index in [1.807, 2.05) is 0 Å². The van der Waals surface area contributed by atoms with Crippen LogP contribution in [0.2, 0.25) is 0 Å². The SMILES string of the molecule is CN1C(=O)c2c(O)c(=O)ccn2N2C1CCCC21CCc2ccccc21. The molecule has 134 valence electrons. The molecule has 1 aromatic heterocycles. The van der Waals surface area contributed by atoms with E-state index in [9.17, 15) is 14.7 Å². The Kier molecular flexibility index (Phi) is 3.05. The van der Waals surface area contributed by atoms with Crippen molar-refractivity contribution >= 4 is 5.91 Å². The van der Waals surface area contributed by atoms with Gasteiger partial charge in [0, 0.05) is 19.3 Å². The summed E-state index contributed by atoms with van der Waals surface area (Å²) in [5.74, 6) is -0.764. The number of hydrogen-bond donors (Lipinski definition) is 1. The number of carbonyl (C=O) groups is 1. The van der Waals surface area contributed by atoms with Gasteiger partial charge in [0.15, 0.2) is 11.4 Å². The summed E-state index contributed by atoms with van der Waals surface area (Å²) in [7, 11) is 1.76. The molecule has 2 aromatic rings. The van der Waals surface area contributed by atoms with E-state index in [1.165, 1.54) is 17.2 Å². The highest BCUT2D eigenvalue weighted by Crippen LogP contribution is 2.49. The van der Waals surface area contributed by atoms with E-state index in [0.29, 0.717) is 0 Å². The fourth-order valence-corrected chi connectivity index (χ4v) is 5.17. The number of benzene rings is 1. The molecule has 6 nitrogen and oxygen atoms in total. The smallest absolute Gasteiger partial charge is 0.277 e. The third kappa shape index (κ3) is 1.76. The number of amides is 1. The molecule has 5 rings (SSSR count). The zero-order chi connectivity index (χ0) is 18.1. The first-order chi connectivity index (χ1) is 12.5. The van der Waals surface area contributed by atoms with Gasteiger partial charge in [-0.3, -0.25) is 19.3 Å². The van der Waals surface area contributed by atoms with E-state index in [1.54, 1.807) is 22.8 Å². The van der Waals surface area contributed by atoms with Crippen LogP contribution in [0.5, 0.6) is 5.75 Å². The first kappa shape index (κ1) is 15.5. The van der Waals surface area contributed by atoms with Crippen LogP contribution in [0.4, 0.5) is 0 Å². The number of piperidine rings is 1. The molecule has 1 fully saturated rings. The van der Waals surface area contributed by atoms with Gasteiger partial charge in [0.05, 0.1) is 5.54 Å². The second-order valence-electron chi connectivity index (χ2n) is 7.54. The molecule has 1 aliphatic carbocycles. The number of nitrogens with zero attached hydrogens (tertiary/aromatic N) is 3. The predicted molar refractivity (Wildman–Crippen MR) is 96.8 cm³/mol. The van der Waals surface area contributed by atoms with Gasteiger partial charge in [0.2, 0.25) is 5.43 Å². The first-order valence-corrected chi connectivity index (χ1v) is 9.14. The first-order valence-electron chi connectivity index (χ1n) is 9.14. The Bertz CT molecular complexity index is 979. The lowest BCUT2D eigenvalue weighted by atomic mass is 9.81. The molecule has 3 heterocycles. The minimum Gasteiger partial charge on any atom is -0.502 e. The Hall–Kier alpha value is -2.76. The average Bonchev–Trinajstić information content (AvgIpc) is 3.01. The zero-order valence-corrected chi connectivity index (χ0v) is 14.7. The molecule has 0 saturated carbocycles. The van der Waals surface area contributed by atoms with Gasteiger partial charge in [-0.25, -0.2) is 0 Å². The molecule has 0 radical (unpaired) electrons. The van der Waals surface area contributed by atoms with Gasteiger partial charge in [0.25, 0.3) is 5.91 Å². The Balaban J connectivity index is 1.79. The highest BCUT2D eigenvalue weighted by atomic mass is 16.3. The maximum Gasteiger partial charge on any atom is 0.277 e. The summed E-state index contributed by atoms with van der Waals surface area (Å²) in [6, 6.07) is 9.84. The highest BCUT2D eigenvalue weighted by molar-refractivity contribution is 5.96. The molecule has 2 aliphatic heterocycles.